The lowest BCUT2D eigenvalue weighted by atomic mass is 9.94. The molecule has 0 fully saturated rings. The van der Waals surface area contributed by atoms with Crippen molar-refractivity contribution >= 4 is 0 Å². The van der Waals surface area contributed by atoms with Gasteiger partial charge in [0.1, 0.15) is 0 Å². The van der Waals surface area contributed by atoms with Crippen molar-refractivity contribution in [1.29, 1.82) is 0 Å². The molecule has 140 valence electrons. The van der Waals surface area contributed by atoms with Crippen LogP contribution in [-0.4, -0.2) is 10.9 Å². The first kappa shape index (κ1) is 19.4. The SMILES string of the molecule is CC(C)C(CCc1ccccc1)N(Cc1ccccc1)Cc1ccccc1. The van der Waals surface area contributed by atoms with Crippen molar-refractivity contribution in [1.82, 2.24) is 4.90 Å². The fraction of sp³-hybridized carbons (Fsp3) is 0.308. The highest BCUT2D eigenvalue weighted by Crippen LogP contribution is 2.22. The van der Waals surface area contributed by atoms with E-state index >= 15 is 0 Å². The third kappa shape index (κ3) is 6.08. The molecule has 0 aliphatic carbocycles. The maximum atomic E-state index is 2.66. The molecular weight excluding hydrogens is 326 g/mol. The first-order chi connectivity index (χ1) is 13.2. The van der Waals surface area contributed by atoms with Gasteiger partial charge in [0.2, 0.25) is 0 Å². The van der Waals surface area contributed by atoms with Crippen molar-refractivity contribution in [3.8, 4) is 0 Å². The summed E-state index contributed by atoms with van der Waals surface area (Å²) in [7, 11) is 0. The molecule has 0 aliphatic heterocycles. The summed E-state index contributed by atoms with van der Waals surface area (Å²) in [4.78, 5) is 2.66. The van der Waals surface area contributed by atoms with Crippen LogP contribution in [-0.2, 0) is 19.5 Å². The third-order valence-electron chi connectivity index (χ3n) is 5.27. The van der Waals surface area contributed by atoms with E-state index in [1.54, 1.807) is 0 Å². The van der Waals surface area contributed by atoms with Gasteiger partial charge in [-0.15, -0.1) is 0 Å². The van der Waals surface area contributed by atoms with Gasteiger partial charge < -0.3 is 0 Å². The summed E-state index contributed by atoms with van der Waals surface area (Å²) in [5, 5.41) is 0. The molecule has 1 unspecified atom stereocenters. The molecule has 0 saturated carbocycles. The van der Waals surface area contributed by atoms with E-state index in [0.29, 0.717) is 12.0 Å². The Hall–Kier alpha value is -2.38. The first-order valence-electron chi connectivity index (χ1n) is 10.1. The molecule has 3 rings (SSSR count). The number of hydrogen-bond acceptors (Lipinski definition) is 1. The smallest absolute Gasteiger partial charge is 0.0240 e. The van der Waals surface area contributed by atoms with Crippen LogP contribution >= 0.6 is 0 Å². The molecule has 0 aromatic heterocycles. The van der Waals surface area contributed by atoms with Gasteiger partial charge in [-0.1, -0.05) is 105 Å². The van der Waals surface area contributed by atoms with Gasteiger partial charge in [-0.25, -0.2) is 0 Å². The lowest BCUT2D eigenvalue weighted by molar-refractivity contribution is 0.129. The summed E-state index contributed by atoms with van der Waals surface area (Å²) in [6, 6.07) is 33.2. The normalized spacial score (nSPS) is 12.4. The molecule has 27 heavy (non-hydrogen) atoms. The highest BCUT2D eigenvalue weighted by molar-refractivity contribution is 5.18. The number of hydrogen-bond donors (Lipinski definition) is 0. The van der Waals surface area contributed by atoms with E-state index in [1.165, 1.54) is 23.1 Å². The summed E-state index contributed by atoms with van der Waals surface area (Å²) in [5.74, 6) is 0.612. The molecule has 0 saturated heterocycles. The Morgan fingerprint density at radius 1 is 0.593 bits per heavy atom. The minimum Gasteiger partial charge on any atom is -0.292 e. The Morgan fingerprint density at radius 2 is 1.00 bits per heavy atom. The maximum absolute atomic E-state index is 2.66. The lowest BCUT2D eigenvalue weighted by Crippen LogP contribution is -2.38. The van der Waals surface area contributed by atoms with Crippen molar-refractivity contribution in [3.05, 3.63) is 108 Å². The van der Waals surface area contributed by atoms with Crippen molar-refractivity contribution in [2.75, 3.05) is 0 Å². The predicted molar refractivity (Wildman–Crippen MR) is 116 cm³/mol. The molecule has 1 atom stereocenters. The molecule has 3 aromatic rings. The largest absolute Gasteiger partial charge is 0.292 e. The number of rotatable bonds is 9. The second-order valence-electron chi connectivity index (χ2n) is 7.71. The van der Waals surface area contributed by atoms with Crippen LogP contribution in [0.3, 0.4) is 0 Å². The zero-order valence-corrected chi connectivity index (χ0v) is 16.6. The zero-order chi connectivity index (χ0) is 18.9. The summed E-state index contributed by atoms with van der Waals surface area (Å²) >= 11 is 0. The minimum absolute atomic E-state index is 0.547. The van der Waals surface area contributed by atoms with E-state index in [4.69, 9.17) is 0 Å². The molecule has 3 aromatic carbocycles. The topological polar surface area (TPSA) is 3.24 Å². The van der Waals surface area contributed by atoms with Gasteiger partial charge in [-0.3, -0.25) is 4.90 Å². The van der Waals surface area contributed by atoms with Gasteiger partial charge >= 0.3 is 0 Å². The lowest BCUT2D eigenvalue weighted by Gasteiger charge is -2.35. The van der Waals surface area contributed by atoms with Crippen LogP contribution in [0.15, 0.2) is 91.0 Å². The van der Waals surface area contributed by atoms with E-state index in [-0.39, 0.29) is 0 Å². The molecule has 0 radical (unpaired) electrons. The molecule has 0 heterocycles. The Kier molecular flexibility index (Phi) is 7.24. The minimum atomic E-state index is 0.547. The fourth-order valence-corrected chi connectivity index (χ4v) is 3.82. The highest BCUT2D eigenvalue weighted by Gasteiger charge is 2.22. The Morgan fingerprint density at radius 3 is 1.41 bits per heavy atom. The van der Waals surface area contributed by atoms with Crippen molar-refractivity contribution in [2.45, 2.75) is 45.8 Å². The van der Waals surface area contributed by atoms with Gasteiger partial charge in [-0.2, -0.15) is 0 Å². The Bertz CT molecular complexity index is 724. The Balaban J connectivity index is 1.78. The van der Waals surface area contributed by atoms with Gasteiger partial charge in [0.25, 0.3) is 0 Å². The van der Waals surface area contributed by atoms with E-state index in [2.05, 4.69) is 110 Å². The van der Waals surface area contributed by atoms with Crippen molar-refractivity contribution in [3.63, 3.8) is 0 Å². The molecule has 0 bridgehead atoms. The molecule has 1 heteroatoms. The van der Waals surface area contributed by atoms with Crippen LogP contribution in [0, 0.1) is 5.92 Å². The van der Waals surface area contributed by atoms with Crippen LogP contribution in [0.2, 0.25) is 0 Å². The van der Waals surface area contributed by atoms with E-state index in [1.807, 2.05) is 0 Å². The molecule has 0 amide bonds. The van der Waals surface area contributed by atoms with Gasteiger partial charge in [0.05, 0.1) is 0 Å². The summed E-state index contributed by atoms with van der Waals surface area (Å²) < 4.78 is 0. The van der Waals surface area contributed by atoms with Crippen molar-refractivity contribution in [2.24, 2.45) is 5.92 Å². The third-order valence-corrected chi connectivity index (χ3v) is 5.27. The molecular formula is C26H31N. The average Bonchev–Trinajstić information content (AvgIpc) is 2.70. The molecule has 0 aliphatic rings. The van der Waals surface area contributed by atoms with E-state index in [0.717, 1.165) is 19.5 Å². The fourth-order valence-electron chi connectivity index (χ4n) is 3.82. The first-order valence-corrected chi connectivity index (χ1v) is 10.1. The Labute approximate surface area is 164 Å². The molecule has 0 N–H and O–H groups in total. The maximum Gasteiger partial charge on any atom is 0.0240 e. The van der Waals surface area contributed by atoms with Crippen LogP contribution < -0.4 is 0 Å². The molecule has 1 nitrogen and oxygen atoms in total. The monoisotopic (exact) mass is 357 g/mol. The van der Waals surface area contributed by atoms with Gasteiger partial charge in [0, 0.05) is 19.1 Å². The van der Waals surface area contributed by atoms with Gasteiger partial charge in [-0.05, 0) is 35.4 Å². The average molecular weight is 358 g/mol. The van der Waals surface area contributed by atoms with Crippen molar-refractivity contribution < 1.29 is 0 Å². The second-order valence-corrected chi connectivity index (χ2v) is 7.71. The summed E-state index contributed by atoms with van der Waals surface area (Å²) in [5.41, 5.74) is 4.21. The highest BCUT2D eigenvalue weighted by atomic mass is 15.2. The van der Waals surface area contributed by atoms with E-state index < -0.39 is 0 Å². The second kappa shape index (κ2) is 10.1. The zero-order valence-electron chi connectivity index (χ0n) is 16.6. The predicted octanol–water partition coefficient (Wildman–Crippen LogP) is 6.35. The van der Waals surface area contributed by atoms with Crippen LogP contribution in [0.25, 0.3) is 0 Å². The standard InChI is InChI=1S/C26H31N/c1-22(2)26(19-18-23-12-6-3-7-13-23)27(20-24-14-8-4-9-15-24)21-25-16-10-5-11-17-25/h3-17,22,26H,18-21H2,1-2H3. The quantitative estimate of drug-likeness (QED) is 0.431. The van der Waals surface area contributed by atoms with Crippen LogP contribution in [0.4, 0.5) is 0 Å². The number of aryl methyl sites for hydroxylation is 1. The molecule has 0 spiro atoms. The number of benzene rings is 3. The van der Waals surface area contributed by atoms with Gasteiger partial charge in [0.15, 0.2) is 0 Å². The summed E-state index contributed by atoms with van der Waals surface area (Å²) in [6.07, 6.45) is 2.31. The van der Waals surface area contributed by atoms with E-state index in [9.17, 15) is 0 Å². The van der Waals surface area contributed by atoms with Crippen LogP contribution in [0.5, 0.6) is 0 Å². The summed E-state index contributed by atoms with van der Waals surface area (Å²) in [6.45, 7) is 6.71. The number of nitrogens with zero attached hydrogens (tertiary/aromatic N) is 1. The van der Waals surface area contributed by atoms with Crippen LogP contribution in [0.1, 0.15) is 37.0 Å².